The van der Waals surface area contributed by atoms with Crippen LogP contribution in [0.1, 0.15) is 10.4 Å². The largest absolute Gasteiger partial charge is 0.486 e. The number of aromatic nitrogens is 1. The first-order chi connectivity index (χ1) is 14.2. The molecule has 1 aliphatic heterocycles. The fraction of sp³-hybridized carbons (Fsp3) is 0.0909. The molecule has 1 aliphatic rings. The van der Waals surface area contributed by atoms with Crippen LogP contribution in [0.25, 0.3) is 21.2 Å². The molecule has 2 heterocycles. The van der Waals surface area contributed by atoms with Crippen molar-refractivity contribution in [3.8, 4) is 22.6 Å². The lowest BCUT2D eigenvalue weighted by Crippen LogP contribution is -2.15. The molecule has 0 amide bonds. The molecule has 3 aromatic carbocycles. The average molecular weight is 423 g/mol. The highest BCUT2D eigenvalue weighted by Gasteiger charge is 2.16. The predicted molar refractivity (Wildman–Crippen MR) is 116 cm³/mol. The van der Waals surface area contributed by atoms with E-state index in [1.807, 2.05) is 48.5 Å². The Morgan fingerprint density at radius 1 is 1.03 bits per heavy atom. The van der Waals surface area contributed by atoms with Gasteiger partial charge in [0, 0.05) is 16.5 Å². The number of ether oxygens (including phenoxy) is 2. The molecule has 0 atom stereocenters. The lowest BCUT2D eigenvalue weighted by molar-refractivity contribution is 0.112. The summed E-state index contributed by atoms with van der Waals surface area (Å²) in [6, 6.07) is 17.1. The molecule has 0 spiro atoms. The Labute approximate surface area is 176 Å². The van der Waals surface area contributed by atoms with Crippen LogP contribution in [-0.4, -0.2) is 23.9 Å². The molecule has 0 fully saturated rings. The second kappa shape index (κ2) is 7.39. The topological polar surface area (TPSA) is 60.5 Å². The van der Waals surface area contributed by atoms with Gasteiger partial charge in [-0.3, -0.25) is 4.79 Å². The highest BCUT2D eigenvalue weighted by molar-refractivity contribution is 7.13. The van der Waals surface area contributed by atoms with Gasteiger partial charge in [0.1, 0.15) is 19.5 Å². The lowest BCUT2D eigenvalue weighted by Gasteiger charge is -2.19. The molecule has 1 aromatic heterocycles. The van der Waals surface area contributed by atoms with E-state index in [0.29, 0.717) is 29.6 Å². The molecule has 1 N–H and O–H groups in total. The zero-order chi connectivity index (χ0) is 19.8. The summed E-state index contributed by atoms with van der Waals surface area (Å²) in [5, 5.41) is 4.78. The van der Waals surface area contributed by atoms with Crippen LogP contribution in [0.4, 0.5) is 11.5 Å². The van der Waals surface area contributed by atoms with E-state index in [4.69, 9.17) is 21.1 Å². The van der Waals surface area contributed by atoms with Gasteiger partial charge >= 0.3 is 0 Å². The van der Waals surface area contributed by atoms with E-state index in [1.165, 1.54) is 11.5 Å². The zero-order valence-corrected chi connectivity index (χ0v) is 16.7. The highest BCUT2D eigenvalue weighted by Crippen LogP contribution is 2.40. The molecule has 0 radical (unpaired) electrons. The van der Waals surface area contributed by atoms with Crippen molar-refractivity contribution in [3.63, 3.8) is 0 Å². The van der Waals surface area contributed by atoms with Crippen molar-refractivity contribution in [1.82, 2.24) is 4.37 Å². The van der Waals surface area contributed by atoms with E-state index in [2.05, 4.69) is 9.69 Å². The van der Waals surface area contributed by atoms with E-state index in [9.17, 15) is 4.79 Å². The number of fused-ring (bicyclic) bond motifs is 2. The Hall–Kier alpha value is -3.09. The minimum Gasteiger partial charge on any atom is -0.486 e. The number of anilines is 2. The van der Waals surface area contributed by atoms with Gasteiger partial charge in [-0.05, 0) is 47.4 Å². The van der Waals surface area contributed by atoms with Gasteiger partial charge in [-0.15, -0.1) is 0 Å². The molecule has 29 heavy (non-hydrogen) atoms. The van der Waals surface area contributed by atoms with E-state index in [-0.39, 0.29) is 0 Å². The normalized spacial score (nSPS) is 12.7. The summed E-state index contributed by atoms with van der Waals surface area (Å²) in [6.45, 7) is 1.09. The van der Waals surface area contributed by atoms with Crippen molar-refractivity contribution >= 4 is 51.0 Å². The van der Waals surface area contributed by atoms with Crippen LogP contribution in [0.2, 0.25) is 5.02 Å². The molecule has 4 aromatic rings. The van der Waals surface area contributed by atoms with E-state index < -0.39 is 0 Å². The molecule has 7 heteroatoms. The van der Waals surface area contributed by atoms with Crippen LogP contribution in [-0.2, 0) is 0 Å². The first-order valence-corrected chi connectivity index (χ1v) is 10.2. The second-order valence-corrected chi connectivity index (χ2v) is 7.74. The minimum absolute atomic E-state index is 0.533. The Morgan fingerprint density at radius 2 is 1.90 bits per heavy atom. The number of nitrogens with zero attached hydrogens (tertiary/aromatic N) is 1. The number of rotatable bonds is 4. The SMILES string of the molecule is O=Cc1ccc2snc(Nc3cccc(-c4ccc5c(c4)OCCO5)c3Cl)c2c1. The number of nitrogens with one attached hydrogen (secondary N) is 1. The van der Waals surface area contributed by atoms with Gasteiger partial charge < -0.3 is 14.8 Å². The van der Waals surface area contributed by atoms with Gasteiger partial charge in [-0.2, -0.15) is 4.37 Å². The Balaban J connectivity index is 1.52. The number of benzene rings is 3. The van der Waals surface area contributed by atoms with E-state index >= 15 is 0 Å². The smallest absolute Gasteiger partial charge is 0.161 e. The first-order valence-electron chi connectivity index (χ1n) is 9.03. The highest BCUT2D eigenvalue weighted by atomic mass is 35.5. The van der Waals surface area contributed by atoms with Crippen LogP contribution < -0.4 is 14.8 Å². The summed E-state index contributed by atoms with van der Waals surface area (Å²) in [6.07, 6.45) is 0.830. The maximum atomic E-state index is 11.1. The minimum atomic E-state index is 0.533. The lowest BCUT2D eigenvalue weighted by atomic mass is 10.0. The van der Waals surface area contributed by atoms with Gasteiger partial charge in [0.15, 0.2) is 17.3 Å². The van der Waals surface area contributed by atoms with Crippen molar-refractivity contribution in [3.05, 3.63) is 65.2 Å². The van der Waals surface area contributed by atoms with Gasteiger partial charge in [0.05, 0.1) is 15.4 Å². The fourth-order valence-corrected chi connectivity index (χ4v) is 4.31. The Morgan fingerprint density at radius 3 is 2.76 bits per heavy atom. The van der Waals surface area contributed by atoms with Crippen molar-refractivity contribution in [2.75, 3.05) is 18.5 Å². The van der Waals surface area contributed by atoms with E-state index in [1.54, 1.807) is 6.07 Å². The molecule has 0 saturated carbocycles. The number of hydrogen-bond donors (Lipinski definition) is 1. The van der Waals surface area contributed by atoms with Crippen molar-refractivity contribution in [2.45, 2.75) is 0 Å². The summed E-state index contributed by atoms with van der Waals surface area (Å²) in [5.74, 6) is 2.13. The third-order valence-corrected chi connectivity index (χ3v) is 5.97. The first kappa shape index (κ1) is 18.0. The average Bonchev–Trinajstić information content (AvgIpc) is 3.16. The summed E-state index contributed by atoms with van der Waals surface area (Å²) in [7, 11) is 0. The summed E-state index contributed by atoms with van der Waals surface area (Å²) in [5.41, 5.74) is 3.16. The Kier molecular flexibility index (Phi) is 4.58. The second-order valence-electron chi connectivity index (χ2n) is 6.56. The van der Waals surface area contributed by atoms with Crippen LogP contribution in [0, 0.1) is 0 Å². The summed E-state index contributed by atoms with van der Waals surface area (Å²) in [4.78, 5) is 11.1. The number of carbonyl (C=O) groups excluding carboxylic acids is 1. The van der Waals surface area contributed by atoms with Gasteiger partial charge in [-0.1, -0.05) is 35.9 Å². The quantitative estimate of drug-likeness (QED) is 0.412. The van der Waals surface area contributed by atoms with Crippen LogP contribution in [0.15, 0.2) is 54.6 Å². The summed E-state index contributed by atoms with van der Waals surface area (Å²) < 4.78 is 16.8. The van der Waals surface area contributed by atoms with Gasteiger partial charge in [0.2, 0.25) is 0 Å². The molecule has 5 nitrogen and oxygen atoms in total. The van der Waals surface area contributed by atoms with E-state index in [0.717, 1.165) is 44.7 Å². The number of aldehydes is 1. The van der Waals surface area contributed by atoms with Crippen LogP contribution >= 0.6 is 23.1 Å². The van der Waals surface area contributed by atoms with Gasteiger partial charge in [0.25, 0.3) is 0 Å². The summed E-state index contributed by atoms with van der Waals surface area (Å²) >= 11 is 8.11. The third kappa shape index (κ3) is 3.30. The molecular weight excluding hydrogens is 408 g/mol. The maximum absolute atomic E-state index is 11.1. The zero-order valence-electron chi connectivity index (χ0n) is 15.1. The molecule has 0 aliphatic carbocycles. The standard InChI is InChI=1S/C22H15ClN2O3S/c23-21-15(14-5-6-18-19(11-14)28-9-8-27-18)2-1-3-17(21)24-22-16-10-13(12-26)4-7-20(16)29-25-22/h1-7,10-12H,8-9H2,(H,24,25). The molecule has 0 saturated heterocycles. The number of halogens is 1. The van der Waals surface area contributed by atoms with Crippen molar-refractivity contribution < 1.29 is 14.3 Å². The number of carbonyl (C=O) groups is 1. The molecular formula is C22H15ClN2O3S. The van der Waals surface area contributed by atoms with Crippen LogP contribution in [0.5, 0.6) is 11.5 Å². The van der Waals surface area contributed by atoms with Crippen molar-refractivity contribution in [2.24, 2.45) is 0 Å². The van der Waals surface area contributed by atoms with Gasteiger partial charge in [-0.25, -0.2) is 0 Å². The van der Waals surface area contributed by atoms with Crippen LogP contribution in [0.3, 0.4) is 0 Å². The monoisotopic (exact) mass is 422 g/mol. The molecule has 5 rings (SSSR count). The predicted octanol–water partition coefficient (Wildman–Crippen LogP) is 5.94. The molecule has 0 bridgehead atoms. The fourth-order valence-electron chi connectivity index (χ4n) is 3.31. The maximum Gasteiger partial charge on any atom is 0.161 e. The Bertz CT molecular complexity index is 1240. The molecule has 0 unspecified atom stereocenters. The number of hydrogen-bond acceptors (Lipinski definition) is 6. The third-order valence-electron chi connectivity index (χ3n) is 4.74. The molecule has 144 valence electrons. The van der Waals surface area contributed by atoms with Crippen molar-refractivity contribution in [1.29, 1.82) is 0 Å².